The minimum atomic E-state index is -0.810. The standard InChI is InChI=1S/C21H27BN4O3S/c1-13-7-16(8-15-11-29-22(27)19(13)15)30-18-10-24-17(9-25-18)26-5-3-21(4-6-26)12-28-14(2)20(21)23/h7-10,14,20,27H,3-6,11-12,23H2,1-2H3/t14-,20+/m0/s1. The van der Waals surface area contributed by atoms with Gasteiger partial charge in [-0.1, -0.05) is 11.8 Å². The maximum Gasteiger partial charge on any atom is 0.492 e. The van der Waals surface area contributed by atoms with Crippen molar-refractivity contribution in [1.29, 1.82) is 0 Å². The van der Waals surface area contributed by atoms with Gasteiger partial charge in [0.05, 0.1) is 31.7 Å². The van der Waals surface area contributed by atoms with E-state index in [4.69, 9.17) is 15.1 Å². The molecule has 7 nitrogen and oxygen atoms in total. The SMILES string of the molecule is Cc1cc(Sc2cnc(N3CCC4(CC3)CO[C@@H](C)[C@H]4N)cn2)cc2c1B(O)OC2. The Hall–Kier alpha value is -1.65. The van der Waals surface area contributed by atoms with E-state index in [1.54, 1.807) is 11.8 Å². The molecule has 4 heterocycles. The number of nitrogens with two attached hydrogens (primary N) is 1. The molecule has 3 aliphatic rings. The van der Waals surface area contributed by atoms with Crippen molar-refractivity contribution in [2.24, 2.45) is 11.1 Å². The Balaban J connectivity index is 1.24. The molecule has 0 radical (unpaired) electrons. The minimum absolute atomic E-state index is 0.113. The van der Waals surface area contributed by atoms with Gasteiger partial charge in [-0.2, -0.15) is 0 Å². The molecule has 2 aromatic rings. The summed E-state index contributed by atoms with van der Waals surface area (Å²) in [6, 6.07) is 4.25. The number of aromatic nitrogens is 2. The first-order chi connectivity index (χ1) is 14.4. The molecule has 0 bridgehead atoms. The molecule has 2 atom stereocenters. The lowest BCUT2D eigenvalue weighted by molar-refractivity contribution is 0.0974. The van der Waals surface area contributed by atoms with Crippen molar-refractivity contribution in [3.05, 3.63) is 35.7 Å². The number of nitrogens with zero attached hydrogens (tertiary/aromatic N) is 3. The quantitative estimate of drug-likeness (QED) is 0.714. The van der Waals surface area contributed by atoms with Crippen molar-refractivity contribution >= 4 is 30.2 Å². The van der Waals surface area contributed by atoms with Crippen LogP contribution in [0.3, 0.4) is 0 Å². The van der Waals surface area contributed by atoms with Crippen LogP contribution in [-0.4, -0.2) is 54.0 Å². The molecule has 158 valence electrons. The molecule has 1 aromatic carbocycles. The maximum atomic E-state index is 9.92. The summed E-state index contributed by atoms with van der Waals surface area (Å²) in [7, 11) is -0.810. The molecule has 0 unspecified atom stereocenters. The van der Waals surface area contributed by atoms with Crippen LogP contribution >= 0.6 is 11.8 Å². The van der Waals surface area contributed by atoms with Crippen molar-refractivity contribution in [3.8, 4) is 0 Å². The lowest BCUT2D eigenvalue weighted by Gasteiger charge is -2.41. The predicted octanol–water partition coefficient (Wildman–Crippen LogP) is 1.49. The van der Waals surface area contributed by atoms with Crippen molar-refractivity contribution in [1.82, 2.24) is 9.97 Å². The lowest BCUT2D eigenvalue weighted by Crippen LogP contribution is -2.50. The fourth-order valence-corrected chi connectivity index (χ4v) is 5.81. The summed E-state index contributed by atoms with van der Waals surface area (Å²) in [4.78, 5) is 12.7. The number of ether oxygens (including phenoxy) is 1. The summed E-state index contributed by atoms with van der Waals surface area (Å²) in [6.45, 7) is 7.15. The second-order valence-corrected chi connectivity index (χ2v) is 9.78. The molecule has 0 amide bonds. The number of anilines is 1. The fraction of sp³-hybridized carbons (Fsp3) is 0.524. The van der Waals surface area contributed by atoms with Gasteiger partial charge in [-0.3, -0.25) is 0 Å². The predicted molar refractivity (Wildman–Crippen MR) is 117 cm³/mol. The number of rotatable bonds is 3. The molecule has 9 heteroatoms. The number of benzene rings is 1. The van der Waals surface area contributed by atoms with E-state index < -0.39 is 7.12 Å². The van der Waals surface area contributed by atoms with Gasteiger partial charge in [-0.15, -0.1) is 0 Å². The molecule has 30 heavy (non-hydrogen) atoms. The van der Waals surface area contributed by atoms with Crippen LogP contribution in [-0.2, 0) is 16.0 Å². The first kappa shape index (κ1) is 20.3. The van der Waals surface area contributed by atoms with E-state index >= 15 is 0 Å². The third-order valence-corrected chi connectivity index (χ3v) is 7.75. The zero-order chi connectivity index (χ0) is 20.9. The summed E-state index contributed by atoms with van der Waals surface area (Å²) in [5.41, 5.74) is 9.51. The maximum absolute atomic E-state index is 9.92. The van der Waals surface area contributed by atoms with Gasteiger partial charge < -0.3 is 25.0 Å². The Kier molecular flexibility index (Phi) is 5.27. The van der Waals surface area contributed by atoms with E-state index in [0.717, 1.165) is 64.9 Å². The number of hydrogen-bond donors (Lipinski definition) is 2. The first-order valence-corrected chi connectivity index (χ1v) is 11.3. The van der Waals surface area contributed by atoms with Gasteiger partial charge in [0, 0.05) is 29.4 Å². The highest BCUT2D eigenvalue weighted by molar-refractivity contribution is 7.99. The molecule has 2 saturated heterocycles. The Morgan fingerprint density at radius 2 is 2.07 bits per heavy atom. The number of fused-ring (bicyclic) bond motifs is 1. The summed E-state index contributed by atoms with van der Waals surface area (Å²) in [6.07, 6.45) is 5.90. The van der Waals surface area contributed by atoms with Crippen LogP contribution in [0.1, 0.15) is 30.9 Å². The smallest absolute Gasteiger partial charge is 0.423 e. The normalized spacial score (nSPS) is 25.2. The molecular weight excluding hydrogens is 399 g/mol. The Bertz CT molecular complexity index is 937. The van der Waals surface area contributed by atoms with E-state index in [9.17, 15) is 5.02 Å². The van der Waals surface area contributed by atoms with Gasteiger partial charge in [0.25, 0.3) is 0 Å². The minimum Gasteiger partial charge on any atom is -0.423 e. The molecule has 5 rings (SSSR count). The molecule has 1 aromatic heterocycles. The van der Waals surface area contributed by atoms with Crippen LogP contribution in [0.4, 0.5) is 5.82 Å². The summed E-state index contributed by atoms with van der Waals surface area (Å²) >= 11 is 1.58. The molecule has 3 aliphatic heterocycles. The van der Waals surface area contributed by atoms with E-state index in [0.29, 0.717) is 6.61 Å². The van der Waals surface area contributed by atoms with E-state index in [-0.39, 0.29) is 17.6 Å². The third-order valence-electron chi connectivity index (χ3n) is 6.86. The highest BCUT2D eigenvalue weighted by Gasteiger charge is 2.47. The van der Waals surface area contributed by atoms with E-state index in [1.807, 2.05) is 19.3 Å². The van der Waals surface area contributed by atoms with Crippen LogP contribution in [0.15, 0.2) is 34.4 Å². The van der Waals surface area contributed by atoms with Crippen molar-refractivity contribution in [2.75, 3.05) is 24.6 Å². The molecule has 2 fully saturated rings. The van der Waals surface area contributed by atoms with Crippen LogP contribution in [0, 0.1) is 12.3 Å². The molecule has 0 aliphatic carbocycles. The summed E-state index contributed by atoms with van der Waals surface area (Å²) in [5, 5.41) is 10.8. The number of aryl methyl sites for hydroxylation is 1. The highest BCUT2D eigenvalue weighted by Crippen LogP contribution is 2.41. The van der Waals surface area contributed by atoms with Crippen LogP contribution in [0.2, 0.25) is 0 Å². The van der Waals surface area contributed by atoms with Gasteiger partial charge in [-0.05, 0) is 55.4 Å². The highest BCUT2D eigenvalue weighted by atomic mass is 32.2. The van der Waals surface area contributed by atoms with Gasteiger partial charge in [0.1, 0.15) is 10.8 Å². The average Bonchev–Trinajstić information content (AvgIpc) is 3.25. The second kappa shape index (κ2) is 7.80. The number of hydrogen-bond acceptors (Lipinski definition) is 8. The summed E-state index contributed by atoms with van der Waals surface area (Å²) < 4.78 is 11.2. The Morgan fingerprint density at radius 1 is 1.27 bits per heavy atom. The monoisotopic (exact) mass is 426 g/mol. The molecule has 3 N–H and O–H groups in total. The van der Waals surface area contributed by atoms with Crippen LogP contribution in [0.5, 0.6) is 0 Å². The number of piperidine rings is 1. The van der Waals surface area contributed by atoms with Crippen LogP contribution in [0.25, 0.3) is 0 Å². The largest absolute Gasteiger partial charge is 0.492 e. The van der Waals surface area contributed by atoms with Crippen molar-refractivity contribution in [3.63, 3.8) is 0 Å². The fourth-order valence-electron chi connectivity index (χ4n) is 4.92. The molecular formula is C21H27BN4O3S. The summed E-state index contributed by atoms with van der Waals surface area (Å²) in [5.74, 6) is 0.913. The van der Waals surface area contributed by atoms with Crippen LogP contribution < -0.4 is 16.1 Å². The van der Waals surface area contributed by atoms with Crippen molar-refractivity contribution in [2.45, 2.75) is 55.4 Å². The average molecular weight is 426 g/mol. The third kappa shape index (κ3) is 3.52. The van der Waals surface area contributed by atoms with Crippen molar-refractivity contribution < 1.29 is 14.4 Å². The van der Waals surface area contributed by atoms with E-state index in [1.165, 1.54) is 0 Å². The first-order valence-electron chi connectivity index (χ1n) is 10.5. The van der Waals surface area contributed by atoms with Gasteiger partial charge in [0.2, 0.25) is 0 Å². The van der Waals surface area contributed by atoms with Gasteiger partial charge in [-0.25, -0.2) is 9.97 Å². The Morgan fingerprint density at radius 3 is 2.73 bits per heavy atom. The molecule has 1 spiro atoms. The van der Waals surface area contributed by atoms with E-state index in [2.05, 4.69) is 33.9 Å². The topological polar surface area (TPSA) is 93.7 Å². The second-order valence-electron chi connectivity index (χ2n) is 8.68. The van der Waals surface area contributed by atoms with Gasteiger partial charge in [0.15, 0.2) is 0 Å². The Labute approximate surface area is 181 Å². The lowest BCUT2D eigenvalue weighted by atomic mass is 9.73. The zero-order valence-electron chi connectivity index (χ0n) is 17.4. The molecule has 0 saturated carbocycles. The van der Waals surface area contributed by atoms with Gasteiger partial charge >= 0.3 is 7.12 Å². The zero-order valence-corrected chi connectivity index (χ0v) is 18.2.